The third kappa shape index (κ3) is 2.15. The van der Waals surface area contributed by atoms with Crippen LogP contribution in [-0.4, -0.2) is 16.1 Å². The van der Waals surface area contributed by atoms with Crippen molar-refractivity contribution < 1.29 is 0 Å². The van der Waals surface area contributed by atoms with E-state index in [1.807, 2.05) is 0 Å². The van der Waals surface area contributed by atoms with Crippen molar-refractivity contribution in [3.05, 3.63) is 28.1 Å². The summed E-state index contributed by atoms with van der Waals surface area (Å²) in [5.74, 6) is 1.09. The van der Waals surface area contributed by atoms with Crippen LogP contribution in [0.25, 0.3) is 11.3 Å². The van der Waals surface area contributed by atoms with Gasteiger partial charge in [-0.25, -0.2) is 0 Å². The van der Waals surface area contributed by atoms with Crippen molar-refractivity contribution in [3.8, 4) is 11.3 Å². The molecule has 2 heterocycles. The zero-order chi connectivity index (χ0) is 11.5. The fraction of sp³-hybridized carbons (Fsp3) is 0.417. The monoisotopic (exact) mass is 254 g/mol. The summed E-state index contributed by atoms with van der Waals surface area (Å²) in [5.41, 5.74) is 4.73. The Labute approximate surface area is 105 Å². The average molecular weight is 255 g/mol. The van der Waals surface area contributed by atoms with Crippen molar-refractivity contribution in [1.82, 2.24) is 10.2 Å². The van der Waals surface area contributed by atoms with Gasteiger partial charge in [-0.3, -0.25) is 5.10 Å². The molecular weight excluding hydrogens is 240 g/mol. The standard InChI is InChI=1S/C12H15ClN2S/c1-8(2)11-10(3-5-13)12(15-14-11)9-4-6-16-7-9/h4,6-8H,3,5H2,1-2H3,(H,14,15). The first-order valence-electron chi connectivity index (χ1n) is 5.39. The van der Waals surface area contributed by atoms with E-state index in [1.165, 1.54) is 16.8 Å². The number of H-pyrrole nitrogens is 1. The van der Waals surface area contributed by atoms with Gasteiger partial charge in [0, 0.05) is 28.1 Å². The summed E-state index contributed by atoms with van der Waals surface area (Å²) in [6.07, 6.45) is 0.872. The molecule has 0 spiro atoms. The van der Waals surface area contributed by atoms with Gasteiger partial charge in [-0.1, -0.05) is 13.8 Å². The lowest BCUT2D eigenvalue weighted by molar-refractivity contribution is 0.797. The van der Waals surface area contributed by atoms with Crippen LogP contribution < -0.4 is 0 Å². The van der Waals surface area contributed by atoms with Crippen molar-refractivity contribution in [2.45, 2.75) is 26.2 Å². The molecular formula is C12H15ClN2S. The van der Waals surface area contributed by atoms with Gasteiger partial charge in [-0.05, 0) is 23.8 Å². The topological polar surface area (TPSA) is 28.7 Å². The summed E-state index contributed by atoms with van der Waals surface area (Å²) in [4.78, 5) is 0. The van der Waals surface area contributed by atoms with Gasteiger partial charge in [0.25, 0.3) is 0 Å². The maximum atomic E-state index is 5.86. The summed E-state index contributed by atoms with van der Waals surface area (Å²) in [6.45, 7) is 4.34. The Hall–Kier alpha value is -0.800. The number of nitrogens with zero attached hydrogens (tertiary/aromatic N) is 1. The fourth-order valence-electron chi connectivity index (χ4n) is 1.84. The summed E-state index contributed by atoms with van der Waals surface area (Å²) in [6, 6.07) is 2.10. The van der Waals surface area contributed by atoms with E-state index in [1.54, 1.807) is 11.3 Å². The minimum Gasteiger partial charge on any atom is -0.281 e. The van der Waals surface area contributed by atoms with E-state index in [9.17, 15) is 0 Å². The van der Waals surface area contributed by atoms with Crippen molar-refractivity contribution in [2.75, 3.05) is 5.88 Å². The highest BCUT2D eigenvalue weighted by Crippen LogP contribution is 2.29. The zero-order valence-corrected chi connectivity index (χ0v) is 11.0. The van der Waals surface area contributed by atoms with E-state index in [0.29, 0.717) is 11.8 Å². The highest BCUT2D eigenvalue weighted by Gasteiger charge is 2.16. The number of halogens is 1. The van der Waals surface area contributed by atoms with Gasteiger partial charge in [0.1, 0.15) is 0 Å². The Bertz CT molecular complexity index is 446. The minimum atomic E-state index is 0.457. The first-order chi connectivity index (χ1) is 7.74. The lowest BCUT2D eigenvalue weighted by Crippen LogP contribution is -1.96. The Balaban J connectivity index is 2.46. The highest BCUT2D eigenvalue weighted by molar-refractivity contribution is 7.08. The summed E-state index contributed by atoms with van der Waals surface area (Å²) >= 11 is 7.56. The predicted octanol–water partition coefficient (Wildman–Crippen LogP) is 4.04. The van der Waals surface area contributed by atoms with E-state index in [2.05, 4.69) is 40.9 Å². The van der Waals surface area contributed by atoms with Gasteiger partial charge in [0.15, 0.2) is 0 Å². The molecule has 0 unspecified atom stereocenters. The Kier molecular flexibility index (Phi) is 3.66. The number of aromatic nitrogens is 2. The Morgan fingerprint density at radius 2 is 2.31 bits per heavy atom. The molecule has 0 aromatic carbocycles. The molecule has 0 atom stereocenters. The van der Waals surface area contributed by atoms with Gasteiger partial charge in [-0.15, -0.1) is 11.6 Å². The zero-order valence-electron chi connectivity index (χ0n) is 9.46. The van der Waals surface area contributed by atoms with Gasteiger partial charge < -0.3 is 0 Å². The number of nitrogens with one attached hydrogen (secondary N) is 1. The molecule has 2 aromatic heterocycles. The molecule has 16 heavy (non-hydrogen) atoms. The summed E-state index contributed by atoms with van der Waals surface area (Å²) in [7, 11) is 0. The van der Waals surface area contributed by atoms with E-state index < -0.39 is 0 Å². The van der Waals surface area contributed by atoms with Crippen LogP contribution >= 0.6 is 22.9 Å². The SMILES string of the molecule is CC(C)c1[nH]nc(-c2ccsc2)c1CCCl. The maximum Gasteiger partial charge on any atom is 0.0964 e. The fourth-order valence-corrected chi connectivity index (χ4v) is 2.67. The van der Waals surface area contributed by atoms with Crippen LogP contribution in [0.3, 0.4) is 0 Å². The second-order valence-electron chi connectivity index (χ2n) is 4.07. The van der Waals surface area contributed by atoms with Crippen LogP contribution in [0.15, 0.2) is 16.8 Å². The average Bonchev–Trinajstić information content (AvgIpc) is 2.84. The summed E-state index contributed by atoms with van der Waals surface area (Å²) < 4.78 is 0. The minimum absolute atomic E-state index is 0.457. The van der Waals surface area contributed by atoms with Gasteiger partial charge in [0.2, 0.25) is 0 Å². The lowest BCUT2D eigenvalue weighted by atomic mass is 10.00. The van der Waals surface area contributed by atoms with E-state index >= 15 is 0 Å². The first kappa shape index (κ1) is 11.7. The second kappa shape index (κ2) is 5.02. The lowest BCUT2D eigenvalue weighted by Gasteiger charge is -2.06. The molecule has 0 aliphatic heterocycles. The highest BCUT2D eigenvalue weighted by atomic mass is 35.5. The van der Waals surface area contributed by atoms with Crippen molar-refractivity contribution in [3.63, 3.8) is 0 Å². The summed E-state index contributed by atoms with van der Waals surface area (Å²) in [5, 5.41) is 11.8. The maximum absolute atomic E-state index is 5.86. The van der Waals surface area contributed by atoms with E-state index in [4.69, 9.17) is 11.6 Å². The predicted molar refractivity (Wildman–Crippen MR) is 70.4 cm³/mol. The molecule has 0 aliphatic rings. The number of hydrogen-bond donors (Lipinski definition) is 1. The number of hydrogen-bond acceptors (Lipinski definition) is 2. The molecule has 2 rings (SSSR count). The van der Waals surface area contributed by atoms with Crippen molar-refractivity contribution >= 4 is 22.9 Å². The second-order valence-corrected chi connectivity index (χ2v) is 5.23. The third-order valence-electron chi connectivity index (χ3n) is 2.62. The Morgan fingerprint density at radius 1 is 1.50 bits per heavy atom. The Morgan fingerprint density at radius 3 is 2.88 bits per heavy atom. The molecule has 86 valence electrons. The van der Waals surface area contributed by atoms with Crippen LogP contribution in [0, 0.1) is 0 Å². The van der Waals surface area contributed by atoms with Gasteiger partial charge in [-0.2, -0.15) is 16.4 Å². The quantitative estimate of drug-likeness (QED) is 0.820. The molecule has 1 N–H and O–H groups in total. The molecule has 2 aromatic rings. The molecule has 0 radical (unpaired) electrons. The van der Waals surface area contributed by atoms with Crippen LogP contribution in [-0.2, 0) is 6.42 Å². The molecule has 2 nitrogen and oxygen atoms in total. The van der Waals surface area contributed by atoms with Crippen molar-refractivity contribution in [1.29, 1.82) is 0 Å². The molecule has 4 heteroatoms. The first-order valence-corrected chi connectivity index (χ1v) is 6.87. The molecule has 0 fully saturated rings. The smallest absolute Gasteiger partial charge is 0.0964 e. The number of alkyl halides is 1. The van der Waals surface area contributed by atoms with Crippen LogP contribution in [0.4, 0.5) is 0 Å². The third-order valence-corrected chi connectivity index (χ3v) is 3.49. The van der Waals surface area contributed by atoms with Gasteiger partial charge >= 0.3 is 0 Å². The molecule has 0 aliphatic carbocycles. The van der Waals surface area contributed by atoms with Crippen molar-refractivity contribution in [2.24, 2.45) is 0 Å². The number of thiophene rings is 1. The number of rotatable bonds is 4. The van der Waals surface area contributed by atoms with E-state index in [0.717, 1.165) is 12.1 Å². The van der Waals surface area contributed by atoms with Crippen LogP contribution in [0.2, 0.25) is 0 Å². The normalized spacial score (nSPS) is 11.2. The molecule has 0 bridgehead atoms. The van der Waals surface area contributed by atoms with Crippen LogP contribution in [0.5, 0.6) is 0 Å². The number of aromatic amines is 1. The molecule has 0 amide bonds. The van der Waals surface area contributed by atoms with Gasteiger partial charge in [0.05, 0.1) is 5.69 Å². The molecule has 0 saturated heterocycles. The van der Waals surface area contributed by atoms with E-state index in [-0.39, 0.29) is 0 Å². The molecule has 0 saturated carbocycles. The largest absolute Gasteiger partial charge is 0.281 e. The van der Waals surface area contributed by atoms with Crippen LogP contribution in [0.1, 0.15) is 31.0 Å².